The summed E-state index contributed by atoms with van der Waals surface area (Å²) in [5, 5.41) is 9.89. The molecule has 4 aliphatic rings. The van der Waals surface area contributed by atoms with E-state index in [4.69, 9.17) is 4.74 Å². The highest BCUT2D eigenvalue weighted by Gasteiger charge is 2.37. The molecule has 0 unspecified atom stereocenters. The lowest BCUT2D eigenvalue weighted by atomic mass is 9.91. The van der Waals surface area contributed by atoms with Crippen LogP contribution in [0.5, 0.6) is 5.75 Å². The molecule has 0 bridgehead atoms. The maximum atomic E-state index is 15.4. The van der Waals surface area contributed by atoms with E-state index in [1.807, 2.05) is 29.2 Å². The first-order valence-corrected chi connectivity index (χ1v) is 21.1. The molecule has 4 aliphatic heterocycles. The van der Waals surface area contributed by atoms with Crippen LogP contribution in [0, 0.1) is 0 Å². The molecule has 9 rings (SSSR count). The number of fused-ring (bicyclic) bond motifs is 3. The zero-order valence-corrected chi connectivity index (χ0v) is 32.8. The topological polar surface area (TPSA) is 129 Å². The number of aromatic nitrogens is 2. The lowest BCUT2D eigenvalue weighted by molar-refractivity contribution is 0.0193. The van der Waals surface area contributed by atoms with Crippen LogP contribution in [-0.2, 0) is 53.8 Å². The van der Waals surface area contributed by atoms with Crippen molar-refractivity contribution in [1.29, 1.82) is 0 Å². The monoisotopic (exact) mass is 786 g/mol. The average molecular weight is 787 g/mol. The molecule has 57 heavy (non-hydrogen) atoms. The summed E-state index contributed by atoms with van der Waals surface area (Å²) in [5.41, 5.74) is 8.06. The molecule has 1 atom stereocenters. The van der Waals surface area contributed by atoms with E-state index in [2.05, 4.69) is 32.7 Å². The van der Waals surface area contributed by atoms with Crippen molar-refractivity contribution in [3.05, 3.63) is 130 Å². The number of hydrogen-bond acceptors (Lipinski definition) is 8. The molecule has 6 heterocycles. The van der Waals surface area contributed by atoms with E-state index in [0.29, 0.717) is 61.6 Å². The number of pyridine rings is 1. The molecule has 2 aromatic heterocycles. The molecule has 0 saturated carbocycles. The molecule has 13 heteroatoms. The van der Waals surface area contributed by atoms with E-state index in [0.717, 1.165) is 60.4 Å². The van der Waals surface area contributed by atoms with Crippen molar-refractivity contribution in [2.75, 3.05) is 44.8 Å². The highest BCUT2D eigenvalue weighted by molar-refractivity contribution is 7.89. The number of ether oxygens (including phenoxy) is 1. The Kier molecular flexibility index (Phi) is 9.93. The zero-order valence-electron chi connectivity index (χ0n) is 32.0. The molecule has 1 N–H and O–H groups in total. The Bertz CT molecular complexity index is 2450. The number of phenolic OH excluding ortho intramolecular Hbond substituents is 1. The third-order valence-electron chi connectivity index (χ3n) is 12.0. The number of sulfonamides is 1. The summed E-state index contributed by atoms with van der Waals surface area (Å²) in [6.07, 6.45) is 6.20. The first kappa shape index (κ1) is 37.2. The molecule has 1 fully saturated rings. The first-order valence-electron chi connectivity index (χ1n) is 19.7. The fraction of sp³-hybridized carbons (Fsp3) is 0.341. The fourth-order valence-electron chi connectivity index (χ4n) is 8.91. The molecule has 1 saturated heterocycles. The molecule has 294 valence electrons. The van der Waals surface area contributed by atoms with Crippen molar-refractivity contribution < 1.29 is 27.9 Å². The van der Waals surface area contributed by atoms with Crippen LogP contribution < -0.4 is 4.90 Å². The largest absolute Gasteiger partial charge is 0.508 e. The maximum Gasteiger partial charge on any atom is 0.259 e. The van der Waals surface area contributed by atoms with Gasteiger partial charge in [0.1, 0.15) is 10.6 Å². The second-order valence-electron chi connectivity index (χ2n) is 15.5. The smallest absolute Gasteiger partial charge is 0.259 e. The summed E-state index contributed by atoms with van der Waals surface area (Å²) in [4.78, 5) is 39.9. The molecular weight excluding hydrogens is 741 g/mol. The summed E-state index contributed by atoms with van der Waals surface area (Å²) in [7, 11) is -2.14. The number of anilines is 1. The van der Waals surface area contributed by atoms with Gasteiger partial charge in [-0.1, -0.05) is 24.3 Å². The van der Waals surface area contributed by atoms with Crippen molar-refractivity contribution in [3.8, 4) is 17.0 Å². The van der Waals surface area contributed by atoms with Crippen LogP contribution in [0.25, 0.3) is 11.3 Å². The van der Waals surface area contributed by atoms with Crippen molar-refractivity contribution in [2.24, 2.45) is 0 Å². The second kappa shape index (κ2) is 15.2. The summed E-state index contributed by atoms with van der Waals surface area (Å²) in [6, 6.07) is 23.8. The Hall–Kier alpha value is -5.34. The van der Waals surface area contributed by atoms with Gasteiger partial charge in [0.25, 0.3) is 11.8 Å². The molecule has 3 aromatic carbocycles. The minimum Gasteiger partial charge on any atom is -0.508 e. The van der Waals surface area contributed by atoms with Gasteiger partial charge in [0, 0.05) is 99.5 Å². The third-order valence-corrected chi connectivity index (χ3v) is 13.8. The van der Waals surface area contributed by atoms with Gasteiger partial charge in [0.05, 0.1) is 18.8 Å². The first-order chi connectivity index (χ1) is 27.7. The number of benzene rings is 3. The van der Waals surface area contributed by atoms with Crippen molar-refractivity contribution in [1.82, 2.24) is 23.7 Å². The SMILES string of the molecule is CN(C(=O)c1cc(-c2cc3c(cc2C(=O)N2Cc4ccccc4C[C@H]2CN2CCOCC2)CN(S(=O)(=O)c2cccnc2)C3)n2c1CCCC2)c1ccc(O)cc1. The van der Waals surface area contributed by atoms with Gasteiger partial charge in [-0.2, -0.15) is 4.31 Å². The van der Waals surface area contributed by atoms with Crippen LogP contribution >= 0.6 is 0 Å². The maximum absolute atomic E-state index is 15.4. The lowest BCUT2D eigenvalue weighted by Crippen LogP contribution is -2.52. The quantitative estimate of drug-likeness (QED) is 0.220. The molecule has 2 amide bonds. The Labute approximate surface area is 333 Å². The van der Waals surface area contributed by atoms with Gasteiger partial charge >= 0.3 is 0 Å². The summed E-state index contributed by atoms with van der Waals surface area (Å²) in [6.45, 7) is 5.05. The van der Waals surface area contributed by atoms with Crippen LogP contribution in [-0.4, -0.2) is 94.9 Å². The number of hydrogen-bond donors (Lipinski definition) is 1. The molecule has 0 aliphatic carbocycles. The summed E-state index contributed by atoms with van der Waals surface area (Å²) >= 11 is 0. The summed E-state index contributed by atoms with van der Waals surface area (Å²) < 4.78 is 37.0. The van der Waals surface area contributed by atoms with Crippen molar-refractivity contribution in [3.63, 3.8) is 0 Å². The number of morpholine rings is 1. The fourth-order valence-corrected chi connectivity index (χ4v) is 10.3. The number of phenols is 1. The lowest BCUT2D eigenvalue weighted by Gasteiger charge is -2.40. The highest BCUT2D eigenvalue weighted by atomic mass is 32.2. The third kappa shape index (κ3) is 7.03. The molecule has 12 nitrogen and oxygen atoms in total. The number of aromatic hydroxyl groups is 1. The van der Waals surface area contributed by atoms with E-state index in [1.54, 1.807) is 54.5 Å². The normalized spacial score (nSPS) is 18.5. The van der Waals surface area contributed by atoms with Crippen LogP contribution in [0.4, 0.5) is 5.69 Å². The number of carbonyl (C=O) groups is 2. The predicted octanol–water partition coefficient (Wildman–Crippen LogP) is 5.47. The Morgan fingerprint density at radius 3 is 2.37 bits per heavy atom. The number of amides is 2. The Morgan fingerprint density at radius 2 is 1.61 bits per heavy atom. The average Bonchev–Trinajstić information content (AvgIpc) is 3.85. The van der Waals surface area contributed by atoms with E-state index < -0.39 is 10.0 Å². The van der Waals surface area contributed by atoms with Gasteiger partial charge in [0.2, 0.25) is 10.0 Å². The minimum absolute atomic E-state index is 0.0913. The van der Waals surface area contributed by atoms with Gasteiger partial charge in [-0.15, -0.1) is 0 Å². The van der Waals surface area contributed by atoms with Crippen molar-refractivity contribution in [2.45, 2.75) is 62.8 Å². The Balaban J connectivity index is 1.16. The van der Waals surface area contributed by atoms with Gasteiger partial charge in [-0.3, -0.25) is 19.5 Å². The highest BCUT2D eigenvalue weighted by Crippen LogP contribution is 2.39. The van der Waals surface area contributed by atoms with Crippen LogP contribution in [0.1, 0.15) is 61.5 Å². The van der Waals surface area contributed by atoms with Gasteiger partial charge in [0.15, 0.2) is 0 Å². The van der Waals surface area contributed by atoms with Crippen LogP contribution in [0.15, 0.2) is 96.2 Å². The van der Waals surface area contributed by atoms with Gasteiger partial charge in [-0.25, -0.2) is 8.42 Å². The summed E-state index contributed by atoms with van der Waals surface area (Å²) in [5.74, 6) is -0.179. The molecule has 5 aromatic rings. The van der Waals surface area contributed by atoms with E-state index in [1.165, 1.54) is 16.1 Å². The molecule has 0 spiro atoms. The van der Waals surface area contributed by atoms with Crippen molar-refractivity contribution >= 4 is 27.5 Å². The second-order valence-corrected chi connectivity index (χ2v) is 17.4. The van der Waals surface area contributed by atoms with Crippen LogP contribution in [0.3, 0.4) is 0 Å². The number of nitrogens with zero attached hydrogens (tertiary/aromatic N) is 6. The molecular formula is C44H46N6O6S. The minimum atomic E-state index is -3.87. The van der Waals surface area contributed by atoms with Gasteiger partial charge < -0.3 is 24.2 Å². The van der Waals surface area contributed by atoms with Crippen LogP contribution in [0.2, 0.25) is 0 Å². The molecule has 0 radical (unpaired) electrons. The van der Waals surface area contributed by atoms with E-state index >= 15 is 4.79 Å². The van der Waals surface area contributed by atoms with E-state index in [-0.39, 0.29) is 41.6 Å². The number of rotatable bonds is 8. The van der Waals surface area contributed by atoms with E-state index in [9.17, 15) is 18.3 Å². The van der Waals surface area contributed by atoms with Gasteiger partial charge in [-0.05, 0) is 103 Å². The predicted molar refractivity (Wildman–Crippen MR) is 215 cm³/mol. The zero-order chi connectivity index (χ0) is 39.3. The number of carbonyl (C=O) groups excluding carboxylic acids is 2. The Morgan fingerprint density at radius 1 is 0.860 bits per heavy atom. The standard InChI is InChI=1S/C44H46N6O6S/c1-46(34-11-13-36(51)14-12-34)43(52)40-24-42(49-16-5-4-10-41(40)49)38-22-32-26-48(57(54,55)37-9-6-15-45-25-37)27-33(32)23-39(38)44(53)50-28-31-8-3-2-7-30(31)21-35(50)29-47-17-19-56-20-18-47/h2-3,6-9,11-15,22-25,35,51H,4-5,10,16-21,26-29H2,1H3/t35-/m0/s1.